The molecule has 2 N–H and O–H groups in total. The van der Waals surface area contributed by atoms with Crippen LogP contribution in [0, 0.1) is 6.92 Å². The van der Waals surface area contributed by atoms with Gasteiger partial charge in [-0.05, 0) is 36.8 Å². The van der Waals surface area contributed by atoms with E-state index in [2.05, 4.69) is 5.32 Å². The van der Waals surface area contributed by atoms with Gasteiger partial charge in [0.25, 0.3) is 5.91 Å². The highest BCUT2D eigenvalue weighted by molar-refractivity contribution is 6.06. The van der Waals surface area contributed by atoms with Crippen molar-refractivity contribution >= 4 is 11.6 Å². The number of nitrogens with one attached hydrogen (secondary N) is 1. The van der Waals surface area contributed by atoms with Crippen LogP contribution in [0.25, 0.3) is 0 Å². The third-order valence-corrected chi connectivity index (χ3v) is 2.75. The molecule has 0 saturated carbocycles. The Hall–Kier alpha value is -2.49. The fourth-order valence-electron chi connectivity index (χ4n) is 1.77. The Morgan fingerprint density at radius 1 is 1.21 bits per heavy atom. The number of rotatable bonds is 3. The molecule has 0 unspecified atom stereocenters. The van der Waals surface area contributed by atoms with E-state index < -0.39 is 0 Å². The zero-order chi connectivity index (χ0) is 13.8. The SMILES string of the molecule is COc1ccccc1NC(=O)c1ccc(C)cc1O. The van der Waals surface area contributed by atoms with Gasteiger partial charge >= 0.3 is 0 Å². The van der Waals surface area contributed by atoms with Gasteiger partial charge in [0.15, 0.2) is 0 Å². The number of carbonyl (C=O) groups is 1. The average Bonchev–Trinajstić information content (AvgIpc) is 2.39. The number of methoxy groups -OCH3 is 1. The van der Waals surface area contributed by atoms with Crippen LogP contribution < -0.4 is 10.1 Å². The zero-order valence-electron chi connectivity index (χ0n) is 10.8. The van der Waals surface area contributed by atoms with E-state index in [-0.39, 0.29) is 17.2 Å². The Balaban J connectivity index is 2.26. The highest BCUT2D eigenvalue weighted by Gasteiger charge is 2.13. The number of hydrogen-bond donors (Lipinski definition) is 2. The Kier molecular flexibility index (Phi) is 3.71. The first-order valence-electron chi connectivity index (χ1n) is 5.86. The van der Waals surface area contributed by atoms with Crippen molar-refractivity contribution in [3.63, 3.8) is 0 Å². The van der Waals surface area contributed by atoms with Crippen molar-refractivity contribution < 1.29 is 14.6 Å². The van der Waals surface area contributed by atoms with E-state index in [0.717, 1.165) is 5.56 Å². The Labute approximate surface area is 111 Å². The molecule has 0 saturated heterocycles. The summed E-state index contributed by atoms with van der Waals surface area (Å²) >= 11 is 0. The molecule has 0 aromatic heterocycles. The van der Waals surface area contributed by atoms with Crippen LogP contribution in [0.5, 0.6) is 11.5 Å². The number of carbonyl (C=O) groups excluding carboxylic acids is 1. The molecule has 2 aromatic rings. The van der Waals surface area contributed by atoms with Crippen LogP contribution in [0.1, 0.15) is 15.9 Å². The number of ether oxygens (including phenoxy) is 1. The summed E-state index contributed by atoms with van der Waals surface area (Å²) in [7, 11) is 1.54. The minimum absolute atomic E-state index is 0.0348. The van der Waals surface area contributed by atoms with Crippen molar-refractivity contribution in [1.82, 2.24) is 0 Å². The van der Waals surface area contributed by atoms with Gasteiger partial charge in [-0.3, -0.25) is 4.79 Å². The first-order valence-corrected chi connectivity index (χ1v) is 5.86. The van der Waals surface area contributed by atoms with E-state index in [9.17, 15) is 9.90 Å². The summed E-state index contributed by atoms with van der Waals surface area (Å²) in [6.07, 6.45) is 0. The van der Waals surface area contributed by atoms with Gasteiger partial charge in [-0.15, -0.1) is 0 Å². The smallest absolute Gasteiger partial charge is 0.259 e. The van der Waals surface area contributed by atoms with Crippen LogP contribution in [-0.4, -0.2) is 18.1 Å². The number of aryl methyl sites for hydroxylation is 1. The predicted molar refractivity (Wildman–Crippen MR) is 73.8 cm³/mol. The Morgan fingerprint density at radius 2 is 1.95 bits per heavy atom. The fourth-order valence-corrected chi connectivity index (χ4v) is 1.77. The first kappa shape index (κ1) is 13.0. The van der Waals surface area contributed by atoms with Crippen molar-refractivity contribution in [3.8, 4) is 11.5 Å². The molecular weight excluding hydrogens is 242 g/mol. The molecule has 0 bridgehead atoms. The van der Waals surface area contributed by atoms with Crippen LogP contribution in [-0.2, 0) is 0 Å². The standard InChI is InChI=1S/C15H15NO3/c1-10-7-8-11(13(17)9-10)15(18)16-12-5-3-4-6-14(12)19-2/h3-9,17H,1-2H3,(H,16,18). The van der Waals surface area contributed by atoms with Crippen molar-refractivity contribution in [3.05, 3.63) is 53.6 Å². The van der Waals surface area contributed by atoms with Crippen molar-refractivity contribution in [2.75, 3.05) is 12.4 Å². The van der Waals surface area contributed by atoms with Gasteiger partial charge < -0.3 is 15.2 Å². The average molecular weight is 257 g/mol. The molecule has 19 heavy (non-hydrogen) atoms. The first-order chi connectivity index (χ1) is 9.11. The lowest BCUT2D eigenvalue weighted by Crippen LogP contribution is -2.12. The topological polar surface area (TPSA) is 58.6 Å². The maximum absolute atomic E-state index is 12.1. The van der Waals surface area contributed by atoms with Crippen LogP contribution in [0.4, 0.5) is 5.69 Å². The molecule has 0 aliphatic carbocycles. The molecule has 0 heterocycles. The summed E-state index contributed by atoms with van der Waals surface area (Å²) in [6.45, 7) is 1.85. The van der Waals surface area contributed by atoms with E-state index in [1.54, 1.807) is 36.4 Å². The Morgan fingerprint density at radius 3 is 2.63 bits per heavy atom. The van der Waals surface area contributed by atoms with Crippen LogP contribution in [0.3, 0.4) is 0 Å². The summed E-state index contributed by atoms with van der Waals surface area (Å²) < 4.78 is 5.15. The molecule has 0 aliphatic heterocycles. The number of phenols is 1. The fraction of sp³-hybridized carbons (Fsp3) is 0.133. The van der Waals surface area contributed by atoms with Crippen molar-refractivity contribution in [2.24, 2.45) is 0 Å². The normalized spacial score (nSPS) is 10.0. The molecule has 0 radical (unpaired) electrons. The van der Waals surface area contributed by atoms with Crippen molar-refractivity contribution in [2.45, 2.75) is 6.92 Å². The van der Waals surface area contributed by atoms with Crippen LogP contribution >= 0.6 is 0 Å². The van der Waals surface area contributed by atoms with E-state index in [0.29, 0.717) is 11.4 Å². The van der Waals surface area contributed by atoms with Gasteiger partial charge in [-0.1, -0.05) is 18.2 Å². The lowest BCUT2D eigenvalue weighted by atomic mass is 10.1. The third-order valence-electron chi connectivity index (χ3n) is 2.75. The molecule has 0 fully saturated rings. The second kappa shape index (κ2) is 5.44. The molecule has 2 rings (SSSR count). The lowest BCUT2D eigenvalue weighted by Gasteiger charge is -2.10. The second-order valence-electron chi connectivity index (χ2n) is 4.18. The van der Waals surface area contributed by atoms with Gasteiger partial charge in [-0.25, -0.2) is 0 Å². The molecule has 0 atom stereocenters. The largest absolute Gasteiger partial charge is 0.507 e. The minimum atomic E-state index is -0.373. The van der Waals surface area contributed by atoms with E-state index in [1.165, 1.54) is 7.11 Å². The van der Waals surface area contributed by atoms with Gasteiger partial charge in [0.1, 0.15) is 11.5 Å². The predicted octanol–water partition coefficient (Wildman–Crippen LogP) is 2.96. The second-order valence-corrected chi connectivity index (χ2v) is 4.18. The number of benzene rings is 2. The quantitative estimate of drug-likeness (QED) is 0.888. The summed E-state index contributed by atoms with van der Waals surface area (Å²) in [5, 5.41) is 12.5. The summed E-state index contributed by atoms with van der Waals surface area (Å²) in [5.74, 6) is 0.164. The summed E-state index contributed by atoms with van der Waals surface area (Å²) in [4.78, 5) is 12.1. The monoisotopic (exact) mass is 257 g/mol. The van der Waals surface area contributed by atoms with E-state index in [1.807, 2.05) is 13.0 Å². The lowest BCUT2D eigenvalue weighted by molar-refractivity contribution is 0.102. The number of phenolic OH excluding ortho intramolecular Hbond substituents is 1. The number of amides is 1. The summed E-state index contributed by atoms with van der Waals surface area (Å²) in [6, 6.07) is 12.0. The van der Waals surface area contributed by atoms with Gasteiger partial charge in [0.2, 0.25) is 0 Å². The van der Waals surface area contributed by atoms with Gasteiger partial charge in [-0.2, -0.15) is 0 Å². The molecule has 1 amide bonds. The highest BCUT2D eigenvalue weighted by atomic mass is 16.5. The maximum atomic E-state index is 12.1. The van der Waals surface area contributed by atoms with Crippen LogP contribution in [0.2, 0.25) is 0 Å². The molecule has 4 heteroatoms. The number of aromatic hydroxyl groups is 1. The van der Waals surface area contributed by atoms with Crippen molar-refractivity contribution in [1.29, 1.82) is 0 Å². The summed E-state index contributed by atoms with van der Waals surface area (Å²) in [5.41, 5.74) is 1.69. The molecule has 0 aliphatic rings. The number of para-hydroxylation sites is 2. The van der Waals surface area contributed by atoms with Gasteiger partial charge in [0, 0.05) is 0 Å². The molecule has 2 aromatic carbocycles. The van der Waals surface area contributed by atoms with E-state index in [4.69, 9.17) is 4.74 Å². The van der Waals surface area contributed by atoms with Crippen LogP contribution in [0.15, 0.2) is 42.5 Å². The number of anilines is 1. The Bertz CT molecular complexity index is 608. The minimum Gasteiger partial charge on any atom is -0.507 e. The highest BCUT2D eigenvalue weighted by Crippen LogP contribution is 2.25. The molecule has 4 nitrogen and oxygen atoms in total. The maximum Gasteiger partial charge on any atom is 0.259 e. The van der Waals surface area contributed by atoms with Gasteiger partial charge in [0.05, 0.1) is 18.4 Å². The number of hydrogen-bond acceptors (Lipinski definition) is 3. The molecular formula is C15H15NO3. The zero-order valence-corrected chi connectivity index (χ0v) is 10.8. The molecule has 0 spiro atoms. The molecule has 98 valence electrons. The third kappa shape index (κ3) is 2.85. The van der Waals surface area contributed by atoms with E-state index >= 15 is 0 Å².